The van der Waals surface area contributed by atoms with Gasteiger partial charge in [-0.25, -0.2) is 4.68 Å². The highest BCUT2D eigenvalue weighted by molar-refractivity contribution is 7.71. The van der Waals surface area contributed by atoms with Gasteiger partial charge in [-0.1, -0.05) is 29.8 Å². The van der Waals surface area contributed by atoms with Crippen LogP contribution in [0.1, 0.15) is 5.56 Å². The van der Waals surface area contributed by atoms with Crippen LogP contribution < -0.4 is 0 Å². The molecule has 0 unspecified atom stereocenters. The summed E-state index contributed by atoms with van der Waals surface area (Å²) in [6.45, 7) is 5.84. The van der Waals surface area contributed by atoms with Gasteiger partial charge >= 0.3 is 0 Å². The van der Waals surface area contributed by atoms with E-state index in [2.05, 4.69) is 27.0 Å². The number of fused-ring (bicyclic) bond motifs is 1. The summed E-state index contributed by atoms with van der Waals surface area (Å²) in [7, 11) is 0. The monoisotopic (exact) mass is 373 g/mol. The molecule has 0 bridgehead atoms. The van der Waals surface area contributed by atoms with Crippen molar-refractivity contribution in [3.8, 4) is 0 Å². The van der Waals surface area contributed by atoms with Crippen molar-refractivity contribution in [1.29, 1.82) is 0 Å². The first-order valence-corrected chi connectivity index (χ1v) is 9.21. The number of aromatic nitrogens is 3. The summed E-state index contributed by atoms with van der Waals surface area (Å²) in [6.07, 6.45) is 1.96. The largest absolute Gasteiger partial charge is 0.297 e. The maximum atomic E-state index is 5.95. The SMILES string of the molecule is S=c1n(CN2CCN(Cc3ccc(Cl)cc3)CC2)nc2ccccn12. The summed E-state index contributed by atoms with van der Waals surface area (Å²) in [4.78, 5) is 4.88. The van der Waals surface area contributed by atoms with Gasteiger partial charge in [-0.3, -0.25) is 14.2 Å². The highest BCUT2D eigenvalue weighted by atomic mass is 35.5. The second-order valence-electron chi connectivity index (χ2n) is 6.37. The van der Waals surface area contributed by atoms with Gasteiger partial charge in [0.25, 0.3) is 0 Å². The molecule has 1 saturated heterocycles. The number of pyridine rings is 1. The molecule has 3 aromatic rings. The smallest absolute Gasteiger partial charge is 0.203 e. The molecular formula is C18H20ClN5S. The normalized spacial score (nSPS) is 16.5. The minimum Gasteiger partial charge on any atom is -0.297 e. The molecule has 0 saturated carbocycles. The summed E-state index contributed by atoms with van der Waals surface area (Å²) >= 11 is 11.5. The van der Waals surface area contributed by atoms with Gasteiger partial charge in [-0.05, 0) is 42.0 Å². The van der Waals surface area contributed by atoms with E-state index in [-0.39, 0.29) is 0 Å². The molecule has 0 spiro atoms. The Morgan fingerprint density at radius 1 is 0.960 bits per heavy atom. The predicted molar refractivity (Wildman–Crippen MR) is 102 cm³/mol. The highest BCUT2D eigenvalue weighted by Gasteiger charge is 2.18. The molecule has 0 radical (unpaired) electrons. The standard InChI is InChI=1S/C18H20ClN5S/c19-16-6-4-15(5-7-16)13-21-9-11-22(12-10-21)14-24-18(25)23-8-2-1-3-17(23)20-24/h1-8H,9-14H2. The summed E-state index contributed by atoms with van der Waals surface area (Å²) in [5, 5.41) is 5.40. The second-order valence-corrected chi connectivity index (χ2v) is 7.17. The lowest BCUT2D eigenvalue weighted by Crippen LogP contribution is -2.46. The molecule has 1 aliphatic heterocycles. The van der Waals surface area contributed by atoms with E-state index in [0.29, 0.717) is 0 Å². The van der Waals surface area contributed by atoms with E-state index >= 15 is 0 Å². The first kappa shape index (κ1) is 16.7. The number of nitrogens with zero attached hydrogens (tertiary/aromatic N) is 5. The van der Waals surface area contributed by atoms with Crippen molar-refractivity contribution < 1.29 is 0 Å². The number of hydrogen-bond donors (Lipinski definition) is 0. The fourth-order valence-corrected chi connectivity index (χ4v) is 3.57. The quantitative estimate of drug-likeness (QED) is 0.656. The highest BCUT2D eigenvalue weighted by Crippen LogP contribution is 2.13. The Bertz CT molecular complexity index is 909. The van der Waals surface area contributed by atoms with Gasteiger partial charge in [0, 0.05) is 43.9 Å². The number of halogens is 1. The summed E-state index contributed by atoms with van der Waals surface area (Å²) < 4.78 is 4.62. The molecule has 2 aromatic heterocycles. The third kappa shape index (κ3) is 3.77. The molecule has 25 heavy (non-hydrogen) atoms. The van der Waals surface area contributed by atoms with Crippen molar-refractivity contribution in [3.63, 3.8) is 0 Å². The lowest BCUT2D eigenvalue weighted by molar-refractivity contribution is 0.0983. The molecule has 1 fully saturated rings. The molecule has 0 aliphatic carbocycles. The van der Waals surface area contributed by atoms with Crippen molar-refractivity contribution in [2.75, 3.05) is 26.2 Å². The molecular weight excluding hydrogens is 354 g/mol. The Hall–Kier alpha value is -1.73. The minimum absolute atomic E-state index is 0.745. The third-order valence-electron chi connectivity index (χ3n) is 4.61. The Morgan fingerprint density at radius 2 is 1.68 bits per heavy atom. The van der Waals surface area contributed by atoms with Gasteiger partial charge in [0.15, 0.2) is 5.65 Å². The molecule has 3 heterocycles. The fraction of sp³-hybridized carbons (Fsp3) is 0.333. The first-order chi connectivity index (χ1) is 12.2. The van der Waals surface area contributed by atoms with E-state index < -0.39 is 0 Å². The van der Waals surface area contributed by atoms with Crippen LogP contribution in [0.15, 0.2) is 48.7 Å². The minimum atomic E-state index is 0.745. The maximum Gasteiger partial charge on any atom is 0.203 e. The number of hydrogen-bond acceptors (Lipinski definition) is 4. The average Bonchev–Trinajstić information content (AvgIpc) is 2.95. The van der Waals surface area contributed by atoms with Crippen LogP contribution in [0.25, 0.3) is 5.65 Å². The maximum absolute atomic E-state index is 5.95. The van der Waals surface area contributed by atoms with Crippen LogP contribution in [-0.4, -0.2) is 50.2 Å². The van der Waals surface area contributed by atoms with Crippen LogP contribution in [0.2, 0.25) is 5.02 Å². The summed E-state index contributed by atoms with van der Waals surface area (Å²) in [5.74, 6) is 0. The van der Waals surface area contributed by atoms with Crippen LogP contribution in [-0.2, 0) is 13.2 Å². The second kappa shape index (κ2) is 7.25. The molecule has 5 nitrogen and oxygen atoms in total. The van der Waals surface area contributed by atoms with Crippen molar-refractivity contribution in [3.05, 3.63) is 64.0 Å². The molecule has 130 valence electrons. The van der Waals surface area contributed by atoms with E-state index in [1.165, 1.54) is 5.56 Å². The third-order valence-corrected chi connectivity index (χ3v) is 5.27. The zero-order valence-corrected chi connectivity index (χ0v) is 15.5. The van der Waals surface area contributed by atoms with Gasteiger partial charge in [-0.2, -0.15) is 5.10 Å². The van der Waals surface area contributed by atoms with E-state index in [9.17, 15) is 0 Å². The molecule has 1 aliphatic rings. The Balaban J connectivity index is 1.36. The molecule has 7 heteroatoms. The van der Waals surface area contributed by atoms with Crippen molar-refractivity contribution in [1.82, 2.24) is 24.0 Å². The van der Waals surface area contributed by atoms with Crippen LogP contribution in [0, 0.1) is 4.77 Å². The van der Waals surface area contributed by atoms with Crippen LogP contribution in [0.5, 0.6) is 0 Å². The van der Waals surface area contributed by atoms with Crippen molar-refractivity contribution in [2.24, 2.45) is 0 Å². The van der Waals surface area contributed by atoms with Gasteiger partial charge in [0.1, 0.15) is 0 Å². The average molecular weight is 374 g/mol. The van der Waals surface area contributed by atoms with Crippen molar-refractivity contribution >= 4 is 29.5 Å². The van der Waals surface area contributed by atoms with Gasteiger partial charge < -0.3 is 0 Å². The number of rotatable bonds is 4. The lowest BCUT2D eigenvalue weighted by Gasteiger charge is -2.34. The molecule has 0 amide bonds. The zero-order valence-electron chi connectivity index (χ0n) is 13.9. The van der Waals surface area contributed by atoms with E-state index in [1.54, 1.807) is 0 Å². The van der Waals surface area contributed by atoms with E-state index in [0.717, 1.165) is 54.8 Å². The van der Waals surface area contributed by atoms with Gasteiger partial charge in [0.05, 0.1) is 6.67 Å². The predicted octanol–water partition coefficient (Wildman–Crippen LogP) is 3.29. The summed E-state index contributed by atoms with van der Waals surface area (Å²) in [5.41, 5.74) is 2.20. The Kier molecular flexibility index (Phi) is 4.85. The topological polar surface area (TPSA) is 28.7 Å². The molecule has 4 rings (SSSR count). The van der Waals surface area contributed by atoms with E-state index in [4.69, 9.17) is 23.8 Å². The van der Waals surface area contributed by atoms with Crippen LogP contribution in [0.3, 0.4) is 0 Å². The molecule has 0 N–H and O–H groups in total. The number of benzene rings is 1. The summed E-state index contributed by atoms with van der Waals surface area (Å²) in [6, 6.07) is 14.1. The Morgan fingerprint density at radius 3 is 2.40 bits per heavy atom. The molecule has 1 aromatic carbocycles. The van der Waals surface area contributed by atoms with E-state index in [1.807, 2.05) is 45.6 Å². The van der Waals surface area contributed by atoms with Crippen molar-refractivity contribution in [2.45, 2.75) is 13.2 Å². The van der Waals surface area contributed by atoms with Gasteiger partial charge in [-0.15, -0.1) is 0 Å². The molecule has 0 atom stereocenters. The first-order valence-electron chi connectivity index (χ1n) is 8.42. The van der Waals surface area contributed by atoms with Crippen LogP contribution in [0.4, 0.5) is 0 Å². The number of piperazine rings is 1. The fourth-order valence-electron chi connectivity index (χ4n) is 3.19. The van der Waals surface area contributed by atoms with Crippen LogP contribution >= 0.6 is 23.8 Å². The zero-order chi connectivity index (χ0) is 17.2. The van der Waals surface area contributed by atoms with Gasteiger partial charge in [0.2, 0.25) is 4.77 Å². The Labute approximate surface area is 157 Å². The lowest BCUT2D eigenvalue weighted by atomic mass is 10.2.